The van der Waals surface area contributed by atoms with Gasteiger partial charge in [-0.15, -0.1) is 23.8 Å². The summed E-state index contributed by atoms with van der Waals surface area (Å²) in [4.78, 5) is 10.3. The predicted molar refractivity (Wildman–Crippen MR) is 245 cm³/mol. The average molecular weight is 963 g/mol. The Morgan fingerprint density at radius 1 is 0.600 bits per heavy atom. The molecule has 0 saturated heterocycles. The number of aryl methyl sites for hydroxylation is 3. The maximum Gasteiger partial charge on any atom is 0.148 e. The number of hydrogen-bond acceptors (Lipinski definition) is 3. The average Bonchev–Trinajstić information content (AvgIpc) is 3.67. The van der Waals surface area contributed by atoms with Crippen LogP contribution in [-0.2, 0) is 26.5 Å². The van der Waals surface area contributed by atoms with Crippen molar-refractivity contribution in [2.24, 2.45) is 0 Å². The van der Waals surface area contributed by atoms with Crippen LogP contribution in [0, 0.1) is 26.8 Å². The smallest absolute Gasteiger partial charge is 0.148 e. The number of hydrogen-bond donors (Lipinski definition) is 1. The maximum absolute atomic E-state index is 11.7. The molecular formula is C55H46N3OPt-. The van der Waals surface area contributed by atoms with E-state index in [1.807, 2.05) is 74.5 Å². The minimum absolute atomic E-state index is 0. The molecule has 298 valence electrons. The van der Waals surface area contributed by atoms with Crippen LogP contribution >= 0.6 is 0 Å². The minimum Gasteiger partial charge on any atom is -0.507 e. The van der Waals surface area contributed by atoms with Crippen LogP contribution in [0.25, 0.3) is 83.9 Å². The number of nitrogens with zero attached hydrogens (tertiary/aromatic N) is 3. The van der Waals surface area contributed by atoms with Gasteiger partial charge in [0.25, 0.3) is 0 Å². The summed E-state index contributed by atoms with van der Waals surface area (Å²) in [5.74, 6) is 0.840. The fourth-order valence-corrected chi connectivity index (χ4v) is 8.12. The molecule has 0 unspecified atom stereocenters. The van der Waals surface area contributed by atoms with Crippen LogP contribution in [-0.4, -0.2) is 19.6 Å². The molecule has 60 heavy (non-hydrogen) atoms. The summed E-state index contributed by atoms with van der Waals surface area (Å²) in [6, 6.07) is 56.7. The van der Waals surface area contributed by atoms with E-state index in [0.29, 0.717) is 17.0 Å². The fraction of sp³-hybridized carbons (Fsp3) is 0.127. The van der Waals surface area contributed by atoms with E-state index in [1.165, 1.54) is 11.1 Å². The van der Waals surface area contributed by atoms with E-state index in [4.69, 9.17) is 14.1 Å². The topological polar surface area (TPSA) is 50.9 Å². The Morgan fingerprint density at radius 3 is 2.02 bits per heavy atom. The molecule has 0 aliphatic heterocycles. The second-order valence-electron chi connectivity index (χ2n) is 16.3. The zero-order chi connectivity index (χ0) is 43.3. The molecule has 0 bridgehead atoms. The SMILES string of the molecule is [2H]C([2H])([2H])c1ccc(-c2ccnc(-c3[c-]c(-c4cccc5c4nc(-c4cc(C)cc(C)c4O)n5-c4ccc(-c5ccccc5)c(C(C)(C)C)c4)cc(-c4ccccc4)c3)c2)cc1.[Pt]. The molecule has 4 nitrogen and oxygen atoms in total. The molecule has 0 fully saturated rings. The van der Waals surface area contributed by atoms with Gasteiger partial charge in [-0.25, -0.2) is 4.98 Å². The van der Waals surface area contributed by atoms with Crippen LogP contribution < -0.4 is 0 Å². The van der Waals surface area contributed by atoms with Gasteiger partial charge in [0.2, 0.25) is 0 Å². The van der Waals surface area contributed by atoms with Crippen LogP contribution in [0.2, 0.25) is 0 Å². The quantitative estimate of drug-likeness (QED) is 0.162. The first-order valence-electron chi connectivity index (χ1n) is 21.5. The molecule has 2 heterocycles. The number of benzene rings is 7. The van der Waals surface area contributed by atoms with Crippen molar-refractivity contribution in [2.45, 2.75) is 46.9 Å². The molecule has 0 atom stereocenters. The van der Waals surface area contributed by atoms with E-state index in [1.54, 1.807) is 18.3 Å². The molecule has 1 N–H and O–H groups in total. The predicted octanol–water partition coefficient (Wildman–Crippen LogP) is 14.1. The van der Waals surface area contributed by atoms with E-state index in [0.717, 1.165) is 78.0 Å². The molecule has 0 radical (unpaired) electrons. The Balaban J connectivity index is 0.00000544. The van der Waals surface area contributed by atoms with Crippen molar-refractivity contribution in [3.05, 3.63) is 192 Å². The molecule has 9 aromatic rings. The summed E-state index contributed by atoms with van der Waals surface area (Å²) in [6.45, 7) is 8.53. The van der Waals surface area contributed by atoms with Gasteiger partial charge in [-0.3, -0.25) is 9.55 Å². The van der Waals surface area contributed by atoms with Gasteiger partial charge >= 0.3 is 0 Å². The minimum atomic E-state index is -2.17. The number of phenols is 1. The number of para-hydroxylation sites is 1. The number of phenolic OH excluding ortho intramolecular Hbond substituents is 1. The molecule has 0 spiro atoms. The zero-order valence-electron chi connectivity index (χ0n) is 37.2. The zero-order valence-corrected chi connectivity index (χ0v) is 36.5. The van der Waals surface area contributed by atoms with E-state index >= 15 is 0 Å². The molecule has 0 amide bonds. The van der Waals surface area contributed by atoms with E-state index in [-0.39, 0.29) is 32.2 Å². The monoisotopic (exact) mass is 962 g/mol. The van der Waals surface area contributed by atoms with Crippen molar-refractivity contribution in [1.29, 1.82) is 0 Å². The molecule has 0 aliphatic carbocycles. The van der Waals surface area contributed by atoms with Crippen LogP contribution in [0.5, 0.6) is 5.75 Å². The summed E-state index contributed by atoms with van der Waals surface area (Å²) in [7, 11) is 0. The van der Waals surface area contributed by atoms with Crippen molar-refractivity contribution in [3.8, 4) is 78.6 Å². The summed E-state index contributed by atoms with van der Waals surface area (Å²) in [6.07, 6.45) is 1.78. The van der Waals surface area contributed by atoms with Gasteiger partial charge in [-0.1, -0.05) is 158 Å². The maximum atomic E-state index is 11.7. The van der Waals surface area contributed by atoms with Crippen LogP contribution in [0.4, 0.5) is 0 Å². The molecule has 2 aromatic heterocycles. The molecular weight excluding hydrogens is 914 g/mol. The summed E-state index contributed by atoms with van der Waals surface area (Å²) in [5, 5.41) is 11.7. The van der Waals surface area contributed by atoms with Crippen molar-refractivity contribution in [2.75, 3.05) is 0 Å². The Kier molecular flexibility index (Phi) is 10.0. The van der Waals surface area contributed by atoms with E-state index in [9.17, 15) is 5.11 Å². The van der Waals surface area contributed by atoms with Gasteiger partial charge in [0.15, 0.2) is 0 Å². The third kappa shape index (κ3) is 7.76. The first kappa shape index (κ1) is 36.7. The Bertz CT molecular complexity index is 3120. The Hall–Kier alpha value is -6.35. The van der Waals surface area contributed by atoms with Gasteiger partial charge in [0.05, 0.1) is 16.6 Å². The number of imidazole rings is 1. The number of aromatic nitrogens is 3. The van der Waals surface area contributed by atoms with Gasteiger partial charge < -0.3 is 5.11 Å². The largest absolute Gasteiger partial charge is 0.507 e. The molecule has 7 aromatic carbocycles. The number of aromatic hydroxyl groups is 1. The third-order valence-electron chi connectivity index (χ3n) is 11.0. The molecule has 0 saturated carbocycles. The first-order valence-corrected chi connectivity index (χ1v) is 20.0. The number of rotatable bonds is 7. The van der Waals surface area contributed by atoms with Gasteiger partial charge in [0.1, 0.15) is 11.6 Å². The summed E-state index contributed by atoms with van der Waals surface area (Å²) >= 11 is 0. The van der Waals surface area contributed by atoms with Crippen molar-refractivity contribution in [1.82, 2.24) is 14.5 Å². The van der Waals surface area contributed by atoms with Crippen molar-refractivity contribution >= 4 is 11.0 Å². The van der Waals surface area contributed by atoms with Crippen molar-refractivity contribution in [3.63, 3.8) is 0 Å². The molecule has 0 aliphatic rings. The fourth-order valence-electron chi connectivity index (χ4n) is 8.12. The van der Waals surface area contributed by atoms with Gasteiger partial charge in [-0.2, -0.15) is 0 Å². The summed E-state index contributed by atoms with van der Waals surface area (Å²) < 4.78 is 25.7. The van der Waals surface area contributed by atoms with Crippen LogP contribution in [0.15, 0.2) is 164 Å². The standard InChI is InChI=1S/C55H46N3O.Pt/c1-35-20-22-39(23-21-35)41-26-27-56-50(33-41)44-31-42(38-14-9-7-10-15-38)30-43(32-44)47-18-13-19-51-52(47)57-54(48-29-36(2)28-37(3)53(48)59)58(51)45-24-25-46(40-16-11-8-12-17-40)49(34-45)55(4,5)6;/h7-31,33-34,59H,1-6H3;/q-1;/i1D3;. The second-order valence-corrected chi connectivity index (χ2v) is 16.3. The van der Waals surface area contributed by atoms with E-state index < -0.39 is 6.85 Å². The van der Waals surface area contributed by atoms with Crippen LogP contribution in [0.1, 0.15) is 47.1 Å². The van der Waals surface area contributed by atoms with Gasteiger partial charge in [0, 0.05) is 42.8 Å². The Morgan fingerprint density at radius 2 is 1.30 bits per heavy atom. The van der Waals surface area contributed by atoms with Crippen LogP contribution in [0.3, 0.4) is 0 Å². The number of pyridine rings is 1. The Labute approximate surface area is 371 Å². The summed E-state index contributed by atoms with van der Waals surface area (Å²) in [5.41, 5.74) is 15.8. The molecule has 5 heteroatoms. The van der Waals surface area contributed by atoms with E-state index in [2.05, 4.69) is 116 Å². The first-order chi connectivity index (χ1) is 29.7. The second kappa shape index (κ2) is 16.4. The molecule has 9 rings (SSSR count). The third-order valence-corrected chi connectivity index (χ3v) is 11.0. The normalized spacial score (nSPS) is 12.4. The van der Waals surface area contributed by atoms with Crippen molar-refractivity contribution < 1.29 is 30.3 Å². The number of fused-ring (bicyclic) bond motifs is 1. The van der Waals surface area contributed by atoms with Gasteiger partial charge in [-0.05, 0) is 101 Å².